The lowest BCUT2D eigenvalue weighted by Gasteiger charge is -2.09. The van der Waals surface area contributed by atoms with Crippen molar-refractivity contribution in [3.05, 3.63) is 104 Å². The third kappa shape index (κ3) is 4.10. The summed E-state index contributed by atoms with van der Waals surface area (Å²) in [5, 5.41) is 35.9. The fourth-order valence-electron chi connectivity index (χ4n) is 2.51. The first kappa shape index (κ1) is 18.5. The van der Waals surface area contributed by atoms with E-state index < -0.39 is 15.5 Å². The van der Waals surface area contributed by atoms with Crippen LogP contribution in [-0.4, -0.2) is 20.7 Å². The van der Waals surface area contributed by atoms with Gasteiger partial charge in [-0.15, -0.1) is 0 Å². The molecule has 9 nitrogen and oxygen atoms in total. The number of benzene rings is 3. The predicted molar refractivity (Wildman–Crippen MR) is 104 cm³/mol. The number of hydrogen-bond donors (Lipinski definition) is 2. The molecule has 0 amide bonds. The third-order valence-corrected chi connectivity index (χ3v) is 3.86. The average molecular weight is 378 g/mol. The number of nitrogens with one attached hydrogen (secondary N) is 1. The van der Waals surface area contributed by atoms with Crippen molar-refractivity contribution < 1.29 is 15.0 Å². The van der Waals surface area contributed by atoms with Crippen molar-refractivity contribution in [3.8, 4) is 5.75 Å². The van der Waals surface area contributed by atoms with Gasteiger partial charge < -0.3 is 5.11 Å². The van der Waals surface area contributed by atoms with E-state index in [4.69, 9.17) is 0 Å². The maximum atomic E-state index is 11.3. The molecule has 0 aromatic heterocycles. The Bertz CT molecular complexity index is 1050. The number of anilines is 1. The summed E-state index contributed by atoms with van der Waals surface area (Å²) >= 11 is 0. The minimum atomic E-state index is -0.715. The summed E-state index contributed by atoms with van der Waals surface area (Å²) in [6.07, 6.45) is 0. The molecule has 0 aliphatic carbocycles. The molecule has 0 atom stereocenters. The SMILES string of the molecule is O=[N+]([O-])c1ccc(N/N=C(/c2ccccc2)c2ccc(O)cc2)c([N+](=O)[O-])c1. The van der Waals surface area contributed by atoms with Gasteiger partial charge in [0, 0.05) is 17.2 Å². The lowest BCUT2D eigenvalue weighted by atomic mass is 10.0. The number of hydrazone groups is 1. The molecule has 0 aliphatic rings. The van der Waals surface area contributed by atoms with E-state index in [1.54, 1.807) is 12.1 Å². The topological polar surface area (TPSA) is 131 Å². The maximum Gasteiger partial charge on any atom is 0.301 e. The van der Waals surface area contributed by atoms with Crippen LogP contribution >= 0.6 is 0 Å². The smallest absolute Gasteiger partial charge is 0.301 e. The van der Waals surface area contributed by atoms with E-state index in [9.17, 15) is 25.3 Å². The van der Waals surface area contributed by atoms with Crippen molar-refractivity contribution in [1.29, 1.82) is 0 Å². The standard InChI is InChI=1S/C19H14N4O5/c24-16-9-6-14(7-10-16)19(13-4-2-1-3-5-13)21-20-17-11-8-15(22(25)26)12-18(17)23(27)28/h1-12,20,24H/b21-19-. The van der Waals surface area contributed by atoms with Crippen LogP contribution in [0.2, 0.25) is 0 Å². The second kappa shape index (κ2) is 7.96. The van der Waals surface area contributed by atoms with Crippen LogP contribution in [0.1, 0.15) is 11.1 Å². The maximum absolute atomic E-state index is 11.3. The molecule has 28 heavy (non-hydrogen) atoms. The molecule has 3 aromatic carbocycles. The van der Waals surface area contributed by atoms with Gasteiger partial charge in [0.25, 0.3) is 5.69 Å². The Kier molecular flexibility index (Phi) is 5.26. The zero-order valence-corrected chi connectivity index (χ0v) is 14.4. The number of nitro groups is 2. The Morgan fingerprint density at radius 1 is 0.857 bits per heavy atom. The van der Waals surface area contributed by atoms with Gasteiger partial charge in [0.1, 0.15) is 11.4 Å². The van der Waals surface area contributed by atoms with Crippen molar-refractivity contribution in [2.75, 3.05) is 5.43 Å². The molecule has 0 aliphatic heterocycles. The van der Waals surface area contributed by atoms with Gasteiger partial charge >= 0.3 is 5.69 Å². The zero-order valence-electron chi connectivity index (χ0n) is 14.4. The molecule has 0 fully saturated rings. The van der Waals surface area contributed by atoms with Crippen LogP contribution in [0.4, 0.5) is 17.1 Å². The first-order valence-corrected chi connectivity index (χ1v) is 8.07. The van der Waals surface area contributed by atoms with E-state index in [1.807, 2.05) is 30.3 Å². The van der Waals surface area contributed by atoms with Gasteiger partial charge in [-0.05, 0) is 30.3 Å². The number of aromatic hydroxyl groups is 1. The molecule has 0 saturated carbocycles. The number of phenolic OH excluding ortho intramolecular Hbond substituents is 1. The van der Waals surface area contributed by atoms with Crippen molar-refractivity contribution in [2.45, 2.75) is 0 Å². The summed E-state index contributed by atoms with van der Waals surface area (Å²) in [6.45, 7) is 0. The highest BCUT2D eigenvalue weighted by Crippen LogP contribution is 2.29. The molecule has 0 radical (unpaired) electrons. The summed E-state index contributed by atoms with van der Waals surface area (Å²) in [5.74, 6) is 0.0927. The monoisotopic (exact) mass is 378 g/mol. The molecule has 9 heteroatoms. The van der Waals surface area contributed by atoms with Gasteiger partial charge in [0.2, 0.25) is 0 Å². The molecule has 2 N–H and O–H groups in total. The number of nitrogens with zero attached hydrogens (tertiary/aromatic N) is 3. The predicted octanol–water partition coefficient (Wildman–Crippen LogP) is 4.07. The second-order valence-electron chi connectivity index (χ2n) is 5.70. The lowest BCUT2D eigenvalue weighted by Crippen LogP contribution is -2.07. The summed E-state index contributed by atoms with van der Waals surface area (Å²) in [6, 6.07) is 18.7. The highest BCUT2D eigenvalue weighted by molar-refractivity contribution is 6.13. The Morgan fingerprint density at radius 2 is 1.50 bits per heavy atom. The van der Waals surface area contributed by atoms with Gasteiger partial charge in [0.05, 0.1) is 21.6 Å². The highest BCUT2D eigenvalue weighted by atomic mass is 16.6. The van der Waals surface area contributed by atoms with E-state index in [0.29, 0.717) is 11.3 Å². The molecule has 0 unspecified atom stereocenters. The number of rotatable bonds is 6. The van der Waals surface area contributed by atoms with Crippen molar-refractivity contribution in [1.82, 2.24) is 0 Å². The Labute approximate surface area is 158 Å². The summed E-state index contributed by atoms with van der Waals surface area (Å²) in [5.41, 5.74) is 3.69. The minimum Gasteiger partial charge on any atom is -0.508 e. The number of nitro benzene ring substituents is 2. The van der Waals surface area contributed by atoms with E-state index in [0.717, 1.165) is 17.7 Å². The molecule has 140 valence electrons. The average Bonchev–Trinajstić information content (AvgIpc) is 2.70. The Morgan fingerprint density at radius 3 is 2.11 bits per heavy atom. The minimum absolute atomic E-state index is 0.0165. The number of hydrogen-bond acceptors (Lipinski definition) is 7. The van der Waals surface area contributed by atoms with Crippen LogP contribution in [0.3, 0.4) is 0 Å². The van der Waals surface area contributed by atoms with Crippen LogP contribution in [0.15, 0.2) is 77.9 Å². The Hall–Kier alpha value is -4.27. The molecule has 0 saturated heterocycles. The van der Waals surface area contributed by atoms with E-state index in [1.165, 1.54) is 18.2 Å². The molecular formula is C19H14N4O5. The van der Waals surface area contributed by atoms with Crippen LogP contribution in [0.25, 0.3) is 0 Å². The van der Waals surface area contributed by atoms with Crippen molar-refractivity contribution in [2.24, 2.45) is 5.10 Å². The molecule has 0 bridgehead atoms. The molecule has 3 rings (SSSR count). The van der Waals surface area contributed by atoms with Crippen molar-refractivity contribution in [3.63, 3.8) is 0 Å². The quantitative estimate of drug-likeness (QED) is 0.377. The highest BCUT2D eigenvalue weighted by Gasteiger charge is 2.19. The van der Waals surface area contributed by atoms with Gasteiger partial charge in [-0.25, -0.2) is 0 Å². The van der Waals surface area contributed by atoms with E-state index in [2.05, 4.69) is 10.5 Å². The van der Waals surface area contributed by atoms with Crippen LogP contribution < -0.4 is 5.43 Å². The zero-order chi connectivity index (χ0) is 20.1. The molecule has 0 spiro atoms. The van der Waals surface area contributed by atoms with Gasteiger partial charge in [0.15, 0.2) is 0 Å². The van der Waals surface area contributed by atoms with Crippen LogP contribution in [0, 0.1) is 20.2 Å². The van der Waals surface area contributed by atoms with Crippen molar-refractivity contribution >= 4 is 22.8 Å². The summed E-state index contributed by atoms with van der Waals surface area (Å²) in [7, 11) is 0. The molecule has 3 aromatic rings. The van der Waals surface area contributed by atoms with Crippen LogP contribution in [0.5, 0.6) is 5.75 Å². The summed E-state index contributed by atoms with van der Waals surface area (Å²) < 4.78 is 0. The number of non-ortho nitro benzene ring substituents is 1. The van der Waals surface area contributed by atoms with Gasteiger partial charge in [-0.3, -0.25) is 25.7 Å². The largest absolute Gasteiger partial charge is 0.508 e. The third-order valence-electron chi connectivity index (χ3n) is 3.86. The van der Waals surface area contributed by atoms with E-state index in [-0.39, 0.29) is 17.1 Å². The lowest BCUT2D eigenvalue weighted by molar-refractivity contribution is -0.393. The fraction of sp³-hybridized carbons (Fsp3) is 0. The Balaban J connectivity index is 2.04. The molecular weight excluding hydrogens is 364 g/mol. The second-order valence-corrected chi connectivity index (χ2v) is 5.70. The first-order valence-electron chi connectivity index (χ1n) is 8.07. The van der Waals surface area contributed by atoms with Gasteiger partial charge in [-0.2, -0.15) is 5.10 Å². The van der Waals surface area contributed by atoms with Gasteiger partial charge in [-0.1, -0.05) is 30.3 Å². The number of phenols is 1. The first-order chi connectivity index (χ1) is 13.5. The van der Waals surface area contributed by atoms with E-state index >= 15 is 0 Å². The molecule has 0 heterocycles. The normalized spacial score (nSPS) is 11.1. The summed E-state index contributed by atoms with van der Waals surface area (Å²) in [4.78, 5) is 20.7. The van der Waals surface area contributed by atoms with Crippen LogP contribution in [-0.2, 0) is 0 Å². The fourth-order valence-corrected chi connectivity index (χ4v) is 2.51.